The SMILES string of the molecule is NCc1ccncc1CN1CCCCCC1. The predicted octanol–water partition coefficient (Wildman–Crippen LogP) is 1.92. The van der Waals surface area contributed by atoms with Crippen LogP contribution in [0, 0.1) is 0 Å². The van der Waals surface area contributed by atoms with Crippen molar-refractivity contribution in [2.75, 3.05) is 13.1 Å². The molecule has 16 heavy (non-hydrogen) atoms. The Labute approximate surface area is 97.7 Å². The van der Waals surface area contributed by atoms with Crippen molar-refractivity contribution in [2.45, 2.75) is 38.8 Å². The van der Waals surface area contributed by atoms with Crippen molar-refractivity contribution in [3.8, 4) is 0 Å². The van der Waals surface area contributed by atoms with Gasteiger partial charge in [0.25, 0.3) is 0 Å². The lowest BCUT2D eigenvalue weighted by Crippen LogP contribution is -2.25. The fourth-order valence-corrected chi connectivity index (χ4v) is 2.33. The summed E-state index contributed by atoms with van der Waals surface area (Å²) in [5.41, 5.74) is 8.27. The maximum absolute atomic E-state index is 5.74. The quantitative estimate of drug-likeness (QED) is 0.844. The highest BCUT2D eigenvalue weighted by atomic mass is 15.1. The molecule has 0 bridgehead atoms. The molecule has 0 aliphatic carbocycles. The summed E-state index contributed by atoms with van der Waals surface area (Å²) >= 11 is 0. The number of pyridine rings is 1. The van der Waals surface area contributed by atoms with Gasteiger partial charge < -0.3 is 5.73 Å². The highest BCUT2D eigenvalue weighted by Crippen LogP contribution is 2.14. The van der Waals surface area contributed by atoms with Crippen LogP contribution in [0.3, 0.4) is 0 Å². The van der Waals surface area contributed by atoms with Crippen molar-refractivity contribution < 1.29 is 0 Å². The van der Waals surface area contributed by atoms with Gasteiger partial charge in [0.2, 0.25) is 0 Å². The fraction of sp³-hybridized carbons (Fsp3) is 0.615. The Morgan fingerprint density at radius 1 is 1.12 bits per heavy atom. The van der Waals surface area contributed by atoms with E-state index >= 15 is 0 Å². The third-order valence-electron chi connectivity index (χ3n) is 3.32. The van der Waals surface area contributed by atoms with Crippen molar-refractivity contribution in [3.63, 3.8) is 0 Å². The molecule has 2 heterocycles. The minimum atomic E-state index is 0.617. The molecule has 0 unspecified atom stereocenters. The van der Waals surface area contributed by atoms with Crippen molar-refractivity contribution in [1.29, 1.82) is 0 Å². The zero-order chi connectivity index (χ0) is 11.2. The summed E-state index contributed by atoms with van der Waals surface area (Å²) in [6, 6.07) is 2.03. The van der Waals surface area contributed by atoms with E-state index in [0.29, 0.717) is 6.54 Å². The Hall–Kier alpha value is -0.930. The highest BCUT2D eigenvalue weighted by molar-refractivity contribution is 5.22. The summed E-state index contributed by atoms with van der Waals surface area (Å²) in [6.45, 7) is 4.07. The molecule has 1 aliphatic rings. The average molecular weight is 219 g/mol. The number of aromatic nitrogens is 1. The molecule has 3 heteroatoms. The molecule has 1 aromatic heterocycles. The fourth-order valence-electron chi connectivity index (χ4n) is 2.33. The Morgan fingerprint density at radius 2 is 1.88 bits per heavy atom. The molecule has 0 radical (unpaired) electrons. The van der Waals surface area contributed by atoms with Crippen molar-refractivity contribution in [3.05, 3.63) is 29.6 Å². The standard InChI is InChI=1S/C13H21N3/c14-9-12-5-6-15-10-13(12)11-16-7-3-1-2-4-8-16/h5-6,10H,1-4,7-9,11,14H2. The summed E-state index contributed by atoms with van der Waals surface area (Å²) in [5.74, 6) is 0. The van der Waals surface area contributed by atoms with Gasteiger partial charge in [-0.2, -0.15) is 0 Å². The van der Waals surface area contributed by atoms with Gasteiger partial charge in [-0.1, -0.05) is 12.8 Å². The normalized spacial score (nSPS) is 18.3. The Bertz CT molecular complexity index is 317. The first kappa shape index (κ1) is 11.6. The van der Waals surface area contributed by atoms with Gasteiger partial charge in [-0.3, -0.25) is 9.88 Å². The van der Waals surface area contributed by atoms with Gasteiger partial charge in [0.1, 0.15) is 0 Å². The second-order valence-electron chi connectivity index (χ2n) is 4.54. The molecular weight excluding hydrogens is 198 g/mol. The van der Waals surface area contributed by atoms with Crippen LogP contribution in [0.15, 0.2) is 18.5 Å². The van der Waals surface area contributed by atoms with Gasteiger partial charge in [-0.25, -0.2) is 0 Å². The third-order valence-corrected chi connectivity index (χ3v) is 3.32. The monoisotopic (exact) mass is 219 g/mol. The van der Waals surface area contributed by atoms with Gasteiger partial charge in [0.05, 0.1) is 0 Å². The Balaban J connectivity index is 2.01. The van der Waals surface area contributed by atoms with Gasteiger partial charge in [0.15, 0.2) is 0 Å². The minimum Gasteiger partial charge on any atom is -0.326 e. The Morgan fingerprint density at radius 3 is 2.56 bits per heavy atom. The van der Waals surface area contributed by atoms with Gasteiger partial charge in [-0.05, 0) is 43.1 Å². The Kier molecular flexibility index (Phi) is 4.31. The lowest BCUT2D eigenvalue weighted by molar-refractivity contribution is 0.276. The second kappa shape index (κ2) is 5.97. The van der Waals surface area contributed by atoms with Crippen LogP contribution in [0.5, 0.6) is 0 Å². The smallest absolute Gasteiger partial charge is 0.0316 e. The number of nitrogens with zero attached hydrogens (tertiary/aromatic N) is 2. The summed E-state index contributed by atoms with van der Waals surface area (Å²) in [5, 5.41) is 0. The molecule has 88 valence electrons. The molecule has 1 aromatic rings. The van der Waals surface area contributed by atoms with Crippen LogP contribution in [0.4, 0.5) is 0 Å². The first-order chi connectivity index (χ1) is 7.90. The minimum absolute atomic E-state index is 0.617. The van der Waals surface area contributed by atoms with Crippen LogP contribution < -0.4 is 5.73 Å². The van der Waals surface area contributed by atoms with E-state index in [2.05, 4.69) is 9.88 Å². The molecule has 0 spiro atoms. The van der Waals surface area contributed by atoms with E-state index in [9.17, 15) is 0 Å². The van der Waals surface area contributed by atoms with Crippen molar-refractivity contribution in [1.82, 2.24) is 9.88 Å². The predicted molar refractivity (Wildman–Crippen MR) is 65.9 cm³/mol. The van der Waals surface area contributed by atoms with E-state index in [4.69, 9.17) is 5.73 Å². The van der Waals surface area contributed by atoms with Gasteiger partial charge >= 0.3 is 0 Å². The van der Waals surface area contributed by atoms with Crippen molar-refractivity contribution in [2.24, 2.45) is 5.73 Å². The van der Waals surface area contributed by atoms with E-state index in [0.717, 1.165) is 6.54 Å². The van der Waals surface area contributed by atoms with Crippen LogP contribution in [-0.4, -0.2) is 23.0 Å². The lowest BCUT2D eigenvalue weighted by atomic mass is 10.1. The molecule has 1 fully saturated rings. The van der Waals surface area contributed by atoms with E-state index in [1.54, 1.807) is 0 Å². The van der Waals surface area contributed by atoms with Gasteiger partial charge in [0, 0.05) is 25.5 Å². The molecule has 1 aliphatic heterocycles. The van der Waals surface area contributed by atoms with E-state index in [-0.39, 0.29) is 0 Å². The average Bonchev–Trinajstić information content (AvgIpc) is 2.58. The highest BCUT2D eigenvalue weighted by Gasteiger charge is 2.11. The van der Waals surface area contributed by atoms with Crippen LogP contribution in [0.25, 0.3) is 0 Å². The third kappa shape index (κ3) is 3.03. The summed E-state index contributed by atoms with van der Waals surface area (Å²) in [7, 11) is 0. The number of rotatable bonds is 3. The lowest BCUT2D eigenvalue weighted by Gasteiger charge is -2.20. The van der Waals surface area contributed by atoms with Crippen LogP contribution in [-0.2, 0) is 13.1 Å². The first-order valence-electron chi connectivity index (χ1n) is 6.24. The summed E-state index contributed by atoms with van der Waals surface area (Å²) < 4.78 is 0. The molecule has 3 nitrogen and oxygen atoms in total. The number of nitrogens with two attached hydrogens (primary N) is 1. The number of hydrogen-bond donors (Lipinski definition) is 1. The molecule has 2 rings (SSSR count). The zero-order valence-electron chi connectivity index (χ0n) is 9.86. The summed E-state index contributed by atoms with van der Waals surface area (Å²) in [4.78, 5) is 6.73. The maximum Gasteiger partial charge on any atom is 0.0316 e. The zero-order valence-corrected chi connectivity index (χ0v) is 9.86. The largest absolute Gasteiger partial charge is 0.326 e. The molecule has 2 N–H and O–H groups in total. The second-order valence-corrected chi connectivity index (χ2v) is 4.54. The number of likely N-dealkylation sites (tertiary alicyclic amines) is 1. The van der Waals surface area contributed by atoms with E-state index in [1.165, 1.54) is 49.9 Å². The molecule has 0 aromatic carbocycles. The molecule has 0 amide bonds. The first-order valence-corrected chi connectivity index (χ1v) is 6.24. The number of hydrogen-bond acceptors (Lipinski definition) is 3. The van der Waals surface area contributed by atoms with Crippen LogP contribution in [0.1, 0.15) is 36.8 Å². The summed E-state index contributed by atoms with van der Waals surface area (Å²) in [6.07, 6.45) is 9.22. The van der Waals surface area contributed by atoms with Crippen LogP contribution >= 0.6 is 0 Å². The molecule has 1 saturated heterocycles. The van der Waals surface area contributed by atoms with E-state index in [1.807, 2.05) is 18.5 Å². The van der Waals surface area contributed by atoms with Crippen molar-refractivity contribution >= 4 is 0 Å². The van der Waals surface area contributed by atoms with E-state index < -0.39 is 0 Å². The molecule has 0 saturated carbocycles. The topological polar surface area (TPSA) is 42.1 Å². The maximum atomic E-state index is 5.74. The molecular formula is C13H21N3. The van der Waals surface area contributed by atoms with Gasteiger partial charge in [-0.15, -0.1) is 0 Å². The van der Waals surface area contributed by atoms with Crippen LogP contribution in [0.2, 0.25) is 0 Å². The molecule has 0 atom stereocenters.